The average molecular weight is 502 g/mol. The van der Waals surface area contributed by atoms with Gasteiger partial charge in [0.1, 0.15) is 17.0 Å². The number of halogens is 1. The molecular formula is C23H28BrN5O3. The van der Waals surface area contributed by atoms with E-state index in [1.165, 1.54) is 6.20 Å². The Kier molecular flexibility index (Phi) is 6.59. The summed E-state index contributed by atoms with van der Waals surface area (Å²) in [5.41, 5.74) is 2.26. The van der Waals surface area contributed by atoms with Crippen molar-refractivity contribution in [3.05, 3.63) is 46.3 Å². The van der Waals surface area contributed by atoms with Crippen LogP contribution in [0.2, 0.25) is 0 Å². The lowest BCUT2D eigenvalue weighted by molar-refractivity contribution is 0.0469. The summed E-state index contributed by atoms with van der Waals surface area (Å²) in [5.74, 6) is -0.380. The first-order chi connectivity index (χ1) is 14.8. The summed E-state index contributed by atoms with van der Waals surface area (Å²) in [6.45, 7) is 11.2. The molecule has 9 heteroatoms. The lowest BCUT2D eigenvalue weighted by Gasteiger charge is -2.28. The first-order valence-corrected chi connectivity index (χ1v) is 11.0. The lowest BCUT2D eigenvalue weighted by Crippen LogP contribution is -2.52. The minimum atomic E-state index is -0.718. The van der Waals surface area contributed by atoms with Crippen molar-refractivity contribution in [2.75, 3.05) is 6.54 Å². The first-order valence-electron chi connectivity index (χ1n) is 10.2. The molecule has 0 saturated carbocycles. The van der Waals surface area contributed by atoms with Crippen LogP contribution in [0.1, 0.15) is 50.7 Å². The van der Waals surface area contributed by atoms with Crippen molar-refractivity contribution in [3.63, 3.8) is 0 Å². The number of aromatic amines is 1. The Labute approximate surface area is 195 Å². The largest absolute Gasteiger partial charge is 0.444 e. The number of nitrogens with one attached hydrogen (secondary N) is 3. The number of carbonyl (C=O) groups is 2. The van der Waals surface area contributed by atoms with Gasteiger partial charge in [-0.2, -0.15) is 0 Å². The molecule has 0 fully saturated rings. The number of rotatable bonds is 5. The van der Waals surface area contributed by atoms with Crippen LogP contribution in [0.3, 0.4) is 0 Å². The lowest BCUT2D eigenvalue weighted by atomic mass is 10.1. The summed E-state index contributed by atoms with van der Waals surface area (Å²) in [7, 11) is 0. The molecule has 32 heavy (non-hydrogen) atoms. The maximum atomic E-state index is 12.7. The Morgan fingerprint density at radius 3 is 2.56 bits per heavy atom. The van der Waals surface area contributed by atoms with Crippen molar-refractivity contribution in [3.8, 4) is 11.4 Å². The van der Waals surface area contributed by atoms with E-state index >= 15 is 0 Å². The normalized spacial score (nSPS) is 12.0. The Balaban J connectivity index is 1.72. The van der Waals surface area contributed by atoms with E-state index in [0.29, 0.717) is 5.69 Å². The summed E-state index contributed by atoms with van der Waals surface area (Å²) in [5, 5.41) is 6.64. The highest BCUT2D eigenvalue weighted by Crippen LogP contribution is 2.30. The number of hydrogen-bond acceptors (Lipinski definition) is 5. The topological polar surface area (TPSA) is 109 Å². The third-order valence-corrected chi connectivity index (χ3v) is 5.17. The van der Waals surface area contributed by atoms with E-state index in [1.54, 1.807) is 40.8 Å². The Bertz CT molecular complexity index is 1160. The summed E-state index contributed by atoms with van der Waals surface area (Å²) < 4.78 is 6.27. The second kappa shape index (κ2) is 8.90. The molecule has 2 aromatic heterocycles. The van der Waals surface area contributed by atoms with Crippen LogP contribution in [0.15, 0.2) is 35.1 Å². The summed E-state index contributed by atoms with van der Waals surface area (Å²) in [4.78, 5) is 36.8. The van der Waals surface area contributed by atoms with Gasteiger partial charge in [-0.05, 0) is 65.3 Å². The highest BCUT2D eigenvalue weighted by Gasteiger charge is 2.25. The molecule has 0 bridgehead atoms. The summed E-state index contributed by atoms with van der Waals surface area (Å²) in [6.07, 6.45) is 2.50. The van der Waals surface area contributed by atoms with Crippen LogP contribution in [0.25, 0.3) is 22.3 Å². The smallest absolute Gasteiger partial charge is 0.408 e. The van der Waals surface area contributed by atoms with E-state index in [4.69, 9.17) is 4.74 Å². The molecule has 3 aromatic rings. The number of aromatic nitrogens is 3. The second-order valence-corrected chi connectivity index (χ2v) is 10.2. The molecule has 2 amide bonds. The SMILES string of the molecule is Cc1c(-c2cncc(C(=O)NCC(C)(C)NC(=O)OC(C)(C)C)n2)[nH]c2ccc(Br)cc12. The van der Waals surface area contributed by atoms with E-state index in [1.807, 2.05) is 25.1 Å². The fourth-order valence-electron chi connectivity index (χ4n) is 3.17. The van der Waals surface area contributed by atoms with Crippen molar-refractivity contribution < 1.29 is 14.3 Å². The van der Waals surface area contributed by atoms with Crippen molar-refractivity contribution in [1.82, 2.24) is 25.6 Å². The summed E-state index contributed by atoms with van der Waals surface area (Å²) >= 11 is 3.50. The van der Waals surface area contributed by atoms with Crippen molar-refractivity contribution in [1.29, 1.82) is 0 Å². The van der Waals surface area contributed by atoms with E-state index in [0.717, 1.165) is 26.6 Å². The molecule has 3 N–H and O–H groups in total. The highest BCUT2D eigenvalue weighted by molar-refractivity contribution is 9.10. The molecule has 0 unspecified atom stereocenters. The van der Waals surface area contributed by atoms with Gasteiger partial charge in [0.05, 0.1) is 23.6 Å². The van der Waals surface area contributed by atoms with Crippen LogP contribution < -0.4 is 10.6 Å². The fourth-order valence-corrected chi connectivity index (χ4v) is 3.53. The third kappa shape index (κ3) is 5.85. The molecule has 2 heterocycles. The van der Waals surface area contributed by atoms with Gasteiger partial charge in [-0.1, -0.05) is 15.9 Å². The zero-order valence-corrected chi connectivity index (χ0v) is 20.7. The number of hydrogen-bond donors (Lipinski definition) is 3. The number of nitrogens with zero attached hydrogens (tertiary/aromatic N) is 2. The highest BCUT2D eigenvalue weighted by atomic mass is 79.9. The third-order valence-electron chi connectivity index (χ3n) is 4.67. The monoisotopic (exact) mass is 501 g/mol. The Hall–Kier alpha value is -2.94. The van der Waals surface area contributed by atoms with Crippen molar-refractivity contribution in [2.45, 2.75) is 52.7 Å². The average Bonchev–Trinajstić information content (AvgIpc) is 3.00. The molecule has 0 aliphatic rings. The van der Waals surface area contributed by atoms with E-state index < -0.39 is 17.2 Å². The second-order valence-electron chi connectivity index (χ2n) is 9.30. The molecule has 8 nitrogen and oxygen atoms in total. The molecular weight excluding hydrogens is 474 g/mol. The van der Waals surface area contributed by atoms with Gasteiger partial charge in [0.2, 0.25) is 0 Å². The molecule has 0 aliphatic heterocycles. The fraction of sp³-hybridized carbons (Fsp3) is 0.391. The van der Waals surface area contributed by atoms with Crippen LogP contribution in [0, 0.1) is 6.92 Å². The van der Waals surface area contributed by atoms with Crippen LogP contribution in [0.4, 0.5) is 4.79 Å². The van der Waals surface area contributed by atoms with Gasteiger partial charge in [0.25, 0.3) is 5.91 Å². The van der Waals surface area contributed by atoms with Gasteiger partial charge in [-0.3, -0.25) is 9.78 Å². The molecule has 0 saturated heterocycles. The van der Waals surface area contributed by atoms with Gasteiger partial charge >= 0.3 is 6.09 Å². The number of aryl methyl sites for hydroxylation is 1. The summed E-state index contributed by atoms with van der Waals surface area (Å²) in [6, 6.07) is 5.98. The standard InChI is InChI=1S/C23H28BrN5O3/c1-13-15-9-14(24)7-8-16(15)28-19(13)17-10-25-11-18(27-17)20(30)26-12-23(5,6)29-21(31)32-22(2,3)4/h7-11,28H,12H2,1-6H3,(H,26,30)(H,29,31). The van der Waals surface area contributed by atoms with Gasteiger partial charge < -0.3 is 20.4 Å². The van der Waals surface area contributed by atoms with Gasteiger partial charge in [-0.15, -0.1) is 0 Å². The minimum Gasteiger partial charge on any atom is -0.444 e. The number of amides is 2. The number of H-pyrrole nitrogens is 1. The molecule has 0 radical (unpaired) electrons. The Morgan fingerprint density at radius 1 is 1.16 bits per heavy atom. The zero-order valence-electron chi connectivity index (χ0n) is 19.1. The molecule has 0 spiro atoms. The van der Waals surface area contributed by atoms with E-state index in [-0.39, 0.29) is 18.1 Å². The van der Waals surface area contributed by atoms with Crippen LogP contribution in [-0.2, 0) is 4.74 Å². The zero-order chi connectivity index (χ0) is 23.7. The molecule has 170 valence electrons. The first kappa shape index (κ1) is 23.7. The predicted molar refractivity (Wildman–Crippen MR) is 128 cm³/mol. The van der Waals surface area contributed by atoms with Gasteiger partial charge in [-0.25, -0.2) is 9.78 Å². The van der Waals surface area contributed by atoms with Gasteiger partial charge in [0, 0.05) is 21.9 Å². The van der Waals surface area contributed by atoms with Gasteiger partial charge in [0.15, 0.2) is 0 Å². The van der Waals surface area contributed by atoms with E-state index in [2.05, 4.69) is 41.5 Å². The molecule has 1 aromatic carbocycles. The maximum Gasteiger partial charge on any atom is 0.408 e. The quantitative estimate of drug-likeness (QED) is 0.468. The molecule has 0 atom stereocenters. The number of alkyl carbamates (subject to hydrolysis) is 1. The maximum absolute atomic E-state index is 12.7. The number of ether oxygens (including phenoxy) is 1. The van der Waals surface area contributed by atoms with Crippen LogP contribution in [-0.4, -0.2) is 44.6 Å². The van der Waals surface area contributed by atoms with Crippen molar-refractivity contribution >= 4 is 38.8 Å². The number of benzene rings is 1. The van der Waals surface area contributed by atoms with Crippen molar-refractivity contribution in [2.24, 2.45) is 0 Å². The number of fused-ring (bicyclic) bond motifs is 1. The molecule has 0 aliphatic carbocycles. The van der Waals surface area contributed by atoms with Crippen LogP contribution >= 0.6 is 15.9 Å². The Morgan fingerprint density at radius 2 is 1.88 bits per heavy atom. The molecule has 3 rings (SSSR count). The predicted octanol–water partition coefficient (Wildman–Crippen LogP) is 4.73. The number of carbonyl (C=O) groups excluding carboxylic acids is 2. The van der Waals surface area contributed by atoms with Crippen LogP contribution in [0.5, 0.6) is 0 Å². The minimum absolute atomic E-state index is 0.190. The van der Waals surface area contributed by atoms with E-state index in [9.17, 15) is 9.59 Å².